The lowest BCUT2D eigenvalue weighted by molar-refractivity contribution is -0.187. The molecular weight excluding hydrogens is 334 g/mol. The summed E-state index contributed by atoms with van der Waals surface area (Å²) in [6, 6.07) is 4.42. The minimum atomic E-state index is -0.929. The first-order valence-corrected chi connectivity index (χ1v) is 9.49. The maximum atomic E-state index is 11.2. The second kappa shape index (κ2) is 5.35. The summed E-state index contributed by atoms with van der Waals surface area (Å²) in [5, 5.41) is 31.4. The number of aliphatic hydroxyl groups excluding tert-OH is 3. The predicted octanol–water partition coefficient (Wildman–Crippen LogP) is 0.306. The van der Waals surface area contributed by atoms with Gasteiger partial charge in [0.05, 0.1) is 20.3 Å². The van der Waals surface area contributed by atoms with Crippen molar-refractivity contribution in [1.29, 1.82) is 0 Å². The minimum absolute atomic E-state index is 0.231. The zero-order chi connectivity index (χ0) is 18.3. The molecule has 6 nitrogen and oxygen atoms in total. The van der Waals surface area contributed by atoms with Gasteiger partial charge in [-0.1, -0.05) is 6.07 Å². The van der Waals surface area contributed by atoms with Crippen molar-refractivity contribution in [2.45, 2.75) is 42.9 Å². The second-order valence-corrected chi connectivity index (χ2v) is 8.65. The van der Waals surface area contributed by atoms with Gasteiger partial charge in [-0.05, 0) is 50.4 Å². The summed E-state index contributed by atoms with van der Waals surface area (Å²) >= 11 is 0. The van der Waals surface area contributed by atoms with Gasteiger partial charge in [0, 0.05) is 22.4 Å². The van der Waals surface area contributed by atoms with Crippen LogP contribution in [-0.4, -0.2) is 72.4 Å². The molecule has 2 bridgehead atoms. The molecule has 2 aliphatic heterocycles. The van der Waals surface area contributed by atoms with Crippen LogP contribution in [0.3, 0.4) is 0 Å². The molecule has 1 aromatic rings. The van der Waals surface area contributed by atoms with Crippen molar-refractivity contribution in [3.8, 4) is 11.5 Å². The molecule has 2 fully saturated rings. The Labute approximate surface area is 153 Å². The molecule has 0 radical (unpaired) electrons. The summed E-state index contributed by atoms with van der Waals surface area (Å²) in [5.41, 5.74) is 1.30. The molecule has 142 valence electrons. The summed E-state index contributed by atoms with van der Waals surface area (Å²) in [7, 11) is 3.80. The monoisotopic (exact) mass is 361 g/mol. The van der Waals surface area contributed by atoms with E-state index in [1.54, 1.807) is 7.11 Å². The zero-order valence-electron chi connectivity index (χ0n) is 15.3. The molecule has 1 saturated carbocycles. The average molecular weight is 361 g/mol. The summed E-state index contributed by atoms with van der Waals surface area (Å²) < 4.78 is 11.9. The van der Waals surface area contributed by atoms with Gasteiger partial charge in [-0.25, -0.2) is 0 Å². The predicted molar refractivity (Wildman–Crippen MR) is 94.5 cm³/mol. The van der Waals surface area contributed by atoms with Crippen LogP contribution >= 0.6 is 0 Å². The Morgan fingerprint density at radius 3 is 2.77 bits per heavy atom. The van der Waals surface area contributed by atoms with Gasteiger partial charge in [0.1, 0.15) is 12.2 Å². The fourth-order valence-corrected chi connectivity index (χ4v) is 6.40. The maximum Gasteiger partial charge on any atom is 0.165 e. The maximum absolute atomic E-state index is 11.2. The molecule has 0 amide bonds. The van der Waals surface area contributed by atoms with E-state index in [2.05, 4.69) is 18.0 Å². The molecule has 2 heterocycles. The van der Waals surface area contributed by atoms with Crippen LogP contribution in [0.15, 0.2) is 12.1 Å². The molecule has 1 aromatic carbocycles. The van der Waals surface area contributed by atoms with E-state index >= 15 is 0 Å². The van der Waals surface area contributed by atoms with Crippen molar-refractivity contribution in [1.82, 2.24) is 4.90 Å². The van der Waals surface area contributed by atoms with Crippen LogP contribution in [0.4, 0.5) is 0 Å². The van der Waals surface area contributed by atoms with Gasteiger partial charge in [-0.15, -0.1) is 0 Å². The molecule has 2 aliphatic carbocycles. The lowest BCUT2D eigenvalue weighted by atomic mass is 9.47. The van der Waals surface area contributed by atoms with Gasteiger partial charge in [0.2, 0.25) is 0 Å². The Bertz CT molecular complexity index is 748. The number of benzene rings is 1. The molecule has 1 spiro atoms. The van der Waals surface area contributed by atoms with E-state index in [0.717, 1.165) is 25.1 Å². The normalized spacial score (nSPS) is 39.3. The van der Waals surface area contributed by atoms with E-state index in [0.29, 0.717) is 18.2 Å². The summed E-state index contributed by atoms with van der Waals surface area (Å²) in [6.07, 6.45) is 1.07. The van der Waals surface area contributed by atoms with Crippen LogP contribution < -0.4 is 9.47 Å². The average Bonchev–Trinajstić information content (AvgIpc) is 3.01. The van der Waals surface area contributed by atoms with Crippen molar-refractivity contribution < 1.29 is 24.8 Å². The van der Waals surface area contributed by atoms with E-state index in [1.165, 1.54) is 11.1 Å². The topological polar surface area (TPSA) is 82.4 Å². The molecule has 4 aliphatic rings. The van der Waals surface area contributed by atoms with Gasteiger partial charge in [0.25, 0.3) is 0 Å². The first-order valence-electron chi connectivity index (χ1n) is 9.49. The highest BCUT2D eigenvalue weighted by molar-refractivity contribution is 5.61. The van der Waals surface area contributed by atoms with E-state index < -0.39 is 17.6 Å². The zero-order valence-corrected chi connectivity index (χ0v) is 15.3. The van der Waals surface area contributed by atoms with Gasteiger partial charge in [0.15, 0.2) is 11.5 Å². The largest absolute Gasteiger partial charge is 0.493 e. The van der Waals surface area contributed by atoms with E-state index in [9.17, 15) is 15.3 Å². The molecule has 5 atom stereocenters. The van der Waals surface area contributed by atoms with Crippen LogP contribution in [-0.2, 0) is 11.8 Å². The Kier molecular flexibility index (Phi) is 3.46. The second-order valence-electron chi connectivity index (χ2n) is 8.65. The van der Waals surface area contributed by atoms with Crippen molar-refractivity contribution in [3.05, 3.63) is 23.3 Å². The smallest absolute Gasteiger partial charge is 0.165 e. The van der Waals surface area contributed by atoms with Crippen molar-refractivity contribution >= 4 is 0 Å². The SMILES string of the molecule is COc1ccc2c3c1OC1[C@H](O)C(CO)(CO)C[C@H]4[C@@H](C2)N(C)CC[C@]314. The minimum Gasteiger partial charge on any atom is -0.493 e. The number of aliphatic hydroxyl groups is 3. The Balaban J connectivity index is 1.76. The summed E-state index contributed by atoms with van der Waals surface area (Å²) in [5.74, 6) is 1.69. The van der Waals surface area contributed by atoms with Crippen LogP contribution in [0.5, 0.6) is 11.5 Å². The van der Waals surface area contributed by atoms with E-state index in [1.807, 2.05) is 6.07 Å². The van der Waals surface area contributed by atoms with E-state index in [-0.39, 0.29) is 24.5 Å². The summed E-state index contributed by atoms with van der Waals surface area (Å²) in [4.78, 5) is 2.40. The molecule has 0 aromatic heterocycles. The molecule has 1 unspecified atom stereocenters. The van der Waals surface area contributed by atoms with Crippen LogP contribution in [0.2, 0.25) is 0 Å². The van der Waals surface area contributed by atoms with Crippen molar-refractivity contribution in [2.24, 2.45) is 11.3 Å². The fraction of sp³-hybridized carbons (Fsp3) is 0.700. The Morgan fingerprint density at radius 2 is 2.08 bits per heavy atom. The van der Waals surface area contributed by atoms with Gasteiger partial charge in [-0.3, -0.25) is 0 Å². The number of methoxy groups -OCH3 is 1. The van der Waals surface area contributed by atoms with Crippen molar-refractivity contribution in [3.63, 3.8) is 0 Å². The number of likely N-dealkylation sites (tertiary alicyclic amines) is 1. The molecule has 1 saturated heterocycles. The van der Waals surface area contributed by atoms with Gasteiger partial charge in [-0.2, -0.15) is 0 Å². The van der Waals surface area contributed by atoms with Crippen molar-refractivity contribution in [2.75, 3.05) is 33.9 Å². The third-order valence-electron chi connectivity index (χ3n) is 7.82. The number of rotatable bonds is 3. The Hall–Kier alpha value is -1.34. The number of piperidine rings is 1. The highest BCUT2D eigenvalue weighted by Gasteiger charge is 2.70. The van der Waals surface area contributed by atoms with Crippen LogP contribution in [0, 0.1) is 11.3 Å². The third kappa shape index (κ3) is 1.72. The highest BCUT2D eigenvalue weighted by atomic mass is 16.5. The summed E-state index contributed by atoms with van der Waals surface area (Å²) in [6.45, 7) is 0.469. The fourth-order valence-electron chi connectivity index (χ4n) is 6.40. The van der Waals surface area contributed by atoms with Gasteiger partial charge < -0.3 is 29.7 Å². The number of likely N-dealkylation sites (N-methyl/N-ethyl adjacent to an activating group) is 1. The highest BCUT2D eigenvalue weighted by Crippen LogP contribution is 2.66. The third-order valence-corrected chi connectivity index (χ3v) is 7.82. The first kappa shape index (κ1) is 16.8. The van der Waals surface area contributed by atoms with Gasteiger partial charge >= 0.3 is 0 Å². The lowest BCUT2D eigenvalue weighted by Gasteiger charge is -2.62. The molecule has 3 N–H and O–H groups in total. The molecule has 6 heteroatoms. The van der Waals surface area contributed by atoms with Crippen LogP contribution in [0.25, 0.3) is 0 Å². The van der Waals surface area contributed by atoms with Crippen LogP contribution in [0.1, 0.15) is 24.0 Å². The Morgan fingerprint density at radius 1 is 1.31 bits per heavy atom. The standard InChI is InChI=1S/C20H27NO5/c1-21-6-5-20-12-8-19(9-22,10-23)17(24)18(20)26-16-14(25-2)4-3-11(15(16)20)7-13(12)21/h3-4,12-13,17-18,22-24H,5-10H2,1-2H3/t12-,13+,17-,18?,20-/m0/s1. The number of hydrogen-bond acceptors (Lipinski definition) is 6. The molecular formula is C20H27NO5. The first-order chi connectivity index (χ1) is 12.5. The molecule has 5 rings (SSSR count). The number of nitrogens with zero attached hydrogens (tertiary/aromatic N) is 1. The number of ether oxygens (including phenoxy) is 2. The van der Waals surface area contributed by atoms with E-state index in [4.69, 9.17) is 9.47 Å². The number of hydrogen-bond donors (Lipinski definition) is 3. The lowest BCUT2D eigenvalue weighted by Crippen LogP contribution is -2.71. The molecule has 26 heavy (non-hydrogen) atoms. The quantitative estimate of drug-likeness (QED) is 0.719.